The van der Waals surface area contributed by atoms with Crippen LogP contribution in [0.1, 0.15) is 18.3 Å². The van der Waals surface area contributed by atoms with Crippen molar-refractivity contribution >= 4 is 7.82 Å². The minimum Gasteiger partial charge on any atom is -0.390 e. The Hall–Kier alpha value is -1.29. The van der Waals surface area contributed by atoms with E-state index in [0.717, 1.165) is 4.57 Å². The van der Waals surface area contributed by atoms with Crippen LogP contribution in [0.25, 0.3) is 0 Å². The molecule has 0 aromatic carbocycles. The smallest absolute Gasteiger partial charge is 0.390 e. The van der Waals surface area contributed by atoms with E-state index in [4.69, 9.17) is 14.5 Å². The van der Waals surface area contributed by atoms with Gasteiger partial charge in [0.25, 0.3) is 5.56 Å². The van der Waals surface area contributed by atoms with E-state index in [-0.39, 0.29) is 6.42 Å². The minimum absolute atomic E-state index is 0.0297. The van der Waals surface area contributed by atoms with Gasteiger partial charge in [-0.3, -0.25) is 18.9 Å². The summed E-state index contributed by atoms with van der Waals surface area (Å²) in [6.07, 6.45) is -2.86. The van der Waals surface area contributed by atoms with Crippen LogP contribution in [-0.2, 0) is 13.8 Å². The Morgan fingerprint density at radius 3 is 2.76 bits per heavy atom. The first-order chi connectivity index (χ1) is 9.67. The molecule has 0 unspecified atom stereocenters. The second-order valence-corrected chi connectivity index (χ2v) is 5.91. The van der Waals surface area contributed by atoms with Gasteiger partial charge in [-0.15, -0.1) is 0 Å². The number of hydrogen-bond donors (Lipinski definition) is 4. The summed E-state index contributed by atoms with van der Waals surface area (Å²) in [7, 11) is -4.67. The number of nitrogens with zero attached hydrogens (tertiary/aromatic N) is 1. The number of aromatic nitrogens is 2. The van der Waals surface area contributed by atoms with Gasteiger partial charge in [-0.1, -0.05) is 0 Å². The number of rotatable bonds is 4. The molecule has 0 radical (unpaired) electrons. The summed E-state index contributed by atoms with van der Waals surface area (Å²) in [5, 5.41) is 9.81. The average Bonchev–Trinajstić information content (AvgIpc) is 2.65. The number of hydrogen-bond acceptors (Lipinski definition) is 6. The van der Waals surface area contributed by atoms with Crippen LogP contribution in [0.2, 0.25) is 0 Å². The fourth-order valence-electron chi connectivity index (χ4n) is 2.17. The molecule has 10 nitrogen and oxygen atoms in total. The number of aromatic amines is 1. The predicted molar refractivity (Wildman–Crippen MR) is 68.6 cm³/mol. The molecule has 1 aromatic heterocycles. The molecule has 2 rings (SSSR count). The Labute approximate surface area is 118 Å². The highest BCUT2D eigenvalue weighted by Gasteiger charge is 2.37. The van der Waals surface area contributed by atoms with Crippen molar-refractivity contribution in [3.05, 3.63) is 32.6 Å². The van der Waals surface area contributed by atoms with Crippen LogP contribution >= 0.6 is 7.82 Å². The fraction of sp³-hybridized carbons (Fsp3) is 0.600. The molecule has 0 aliphatic carbocycles. The van der Waals surface area contributed by atoms with Crippen molar-refractivity contribution in [3.8, 4) is 0 Å². The molecule has 0 saturated carbocycles. The first-order valence-electron chi connectivity index (χ1n) is 6.03. The third-order valence-corrected chi connectivity index (χ3v) is 3.55. The van der Waals surface area contributed by atoms with E-state index in [1.165, 1.54) is 13.0 Å². The van der Waals surface area contributed by atoms with Crippen molar-refractivity contribution in [1.29, 1.82) is 0 Å². The van der Waals surface area contributed by atoms with Crippen LogP contribution in [0, 0.1) is 6.92 Å². The summed E-state index contributed by atoms with van der Waals surface area (Å²) in [6.45, 7) is 1.02. The van der Waals surface area contributed by atoms with Gasteiger partial charge in [0.05, 0.1) is 12.7 Å². The largest absolute Gasteiger partial charge is 0.469 e. The monoisotopic (exact) mass is 322 g/mol. The highest BCUT2D eigenvalue weighted by Crippen LogP contribution is 2.38. The second-order valence-electron chi connectivity index (χ2n) is 4.67. The molecule has 1 aromatic rings. The van der Waals surface area contributed by atoms with Crippen LogP contribution in [0.5, 0.6) is 0 Å². The van der Waals surface area contributed by atoms with Gasteiger partial charge >= 0.3 is 13.5 Å². The van der Waals surface area contributed by atoms with E-state index >= 15 is 0 Å². The summed E-state index contributed by atoms with van der Waals surface area (Å²) in [5.74, 6) is 0. The molecular weight excluding hydrogens is 307 g/mol. The number of aryl methyl sites for hydroxylation is 1. The van der Waals surface area contributed by atoms with Gasteiger partial charge in [0.1, 0.15) is 12.3 Å². The molecule has 11 heteroatoms. The predicted octanol–water partition coefficient (Wildman–Crippen LogP) is -1.40. The first kappa shape index (κ1) is 16.1. The van der Waals surface area contributed by atoms with Crippen molar-refractivity contribution in [2.24, 2.45) is 0 Å². The fourth-order valence-corrected chi connectivity index (χ4v) is 2.51. The maximum atomic E-state index is 11.8. The lowest BCUT2D eigenvalue weighted by Crippen LogP contribution is -2.34. The van der Waals surface area contributed by atoms with E-state index in [2.05, 4.69) is 9.51 Å². The van der Waals surface area contributed by atoms with Gasteiger partial charge in [-0.2, -0.15) is 0 Å². The van der Waals surface area contributed by atoms with Crippen molar-refractivity contribution in [2.45, 2.75) is 31.8 Å². The Bertz CT molecular complexity index is 676. The number of aliphatic hydroxyl groups is 1. The highest BCUT2D eigenvalue weighted by atomic mass is 31.2. The van der Waals surface area contributed by atoms with Gasteiger partial charge in [-0.25, -0.2) is 9.36 Å². The molecule has 2 heterocycles. The van der Waals surface area contributed by atoms with Crippen molar-refractivity contribution in [2.75, 3.05) is 6.61 Å². The SMILES string of the molecule is Cc1cc(=O)[nH]c(=O)n1[C@H]1C[C@H](O)[C@@H](COP(=O)(O)O)O1. The molecule has 1 aliphatic heterocycles. The third kappa shape index (κ3) is 3.88. The lowest BCUT2D eigenvalue weighted by atomic mass is 10.2. The van der Waals surface area contributed by atoms with Crippen molar-refractivity contribution < 1.29 is 28.7 Å². The van der Waals surface area contributed by atoms with E-state index < -0.39 is 44.1 Å². The molecule has 1 saturated heterocycles. The minimum atomic E-state index is -4.67. The van der Waals surface area contributed by atoms with E-state index in [9.17, 15) is 19.3 Å². The molecule has 3 atom stereocenters. The van der Waals surface area contributed by atoms with Gasteiger partial charge in [-0.05, 0) is 6.92 Å². The topological polar surface area (TPSA) is 151 Å². The van der Waals surface area contributed by atoms with E-state index in [1.807, 2.05) is 0 Å². The Morgan fingerprint density at radius 1 is 1.52 bits per heavy atom. The van der Waals surface area contributed by atoms with Crippen molar-refractivity contribution in [3.63, 3.8) is 0 Å². The van der Waals surface area contributed by atoms with Crippen molar-refractivity contribution in [1.82, 2.24) is 9.55 Å². The molecule has 1 aliphatic rings. The van der Waals surface area contributed by atoms with Gasteiger partial charge in [0, 0.05) is 18.2 Å². The van der Waals surface area contributed by atoms with Crippen LogP contribution in [-0.4, -0.2) is 43.3 Å². The number of aliphatic hydroxyl groups excluding tert-OH is 1. The Balaban J connectivity index is 2.16. The summed E-state index contributed by atoms with van der Waals surface area (Å²) >= 11 is 0. The van der Waals surface area contributed by atoms with Gasteiger partial charge in [0.2, 0.25) is 0 Å². The van der Waals surface area contributed by atoms with Crippen LogP contribution in [0.3, 0.4) is 0 Å². The standard InChI is InChI=1S/C10H15N2O8P/c1-5-2-8(14)11-10(15)12(5)9-3-6(13)7(20-9)4-19-21(16,17)18/h2,6-7,9,13H,3-4H2,1H3,(H,11,14,15)(H2,16,17,18)/t6-,7+,9+/m0/s1. The summed E-state index contributed by atoms with van der Waals surface area (Å²) < 4.78 is 21.5. The van der Waals surface area contributed by atoms with Gasteiger partial charge in [0.15, 0.2) is 0 Å². The lowest BCUT2D eigenvalue weighted by molar-refractivity contribution is -0.0457. The summed E-state index contributed by atoms with van der Waals surface area (Å²) in [6, 6.07) is 1.20. The van der Waals surface area contributed by atoms with Crippen LogP contribution < -0.4 is 11.2 Å². The maximum Gasteiger partial charge on any atom is 0.469 e. The van der Waals surface area contributed by atoms with Crippen LogP contribution in [0.15, 0.2) is 15.7 Å². The zero-order valence-electron chi connectivity index (χ0n) is 11.0. The molecule has 1 fully saturated rings. The number of phosphoric acid groups is 1. The molecular formula is C10H15N2O8P. The van der Waals surface area contributed by atoms with E-state index in [1.54, 1.807) is 0 Å². The summed E-state index contributed by atoms with van der Waals surface area (Å²) in [4.78, 5) is 42.2. The highest BCUT2D eigenvalue weighted by molar-refractivity contribution is 7.46. The number of ether oxygens (including phenoxy) is 1. The first-order valence-corrected chi connectivity index (χ1v) is 7.56. The number of nitrogens with one attached hydrogen (secondary N) is 1. The normalized spacial score (nSPS) is 26.2. The Morgan fingerprint density at radius 2 is 2.19 bits per heavy atom. The van der Waals surface area contributed by atoms with Gasteiger partial charge < -0.3 is 19.6 Å². The molecule has 4 N–H and O–H groups in total. The quantitative estimate of drug-likeness (QED) is 0.494. The summed E-state index contributed by atoms with van der Waals surface area (Å²) in [5.41, 5.74) is -0.889. The number of H-pyrrole nitrogens is 1. The molecule has 118 valence electrons. The Kier molecular flexibility index (Phi) is 4.47. The molecule has 0 amide bonds. The second kappa shape index (κ2) is 5.84. The van der Waals surface area contributed by atoms with E-state index in [0.29, 0.717) is 5.69 Å². The van der Waals surface area contributed by atoms with Crippen LogP contribution in [0.4, 0.5) is 0 Å². The average molecular weight is 322 g/mol. The molecule has 21 heavy (non-hydrogen) atoms. The maximum absolute atomic E-state index is 11.8. The number of phosphoric ester groups is 1. The lowest BCUT2D eigenvalue weighted by Gasteiger charge is -2.17. The molecule has 0 bridgehead atoms. The zero-order chi connectivity index (χ0) is 15.8. The molecule has 0 spiro atoms. The third-order valence-electron chi connectivity index (χ3n) is 3.07. The zero-order valence-corrected chi connectivity index (χ0v) is 11.9.